The van der Waals surface area contributed by atoms with E-state index in [9.17, 15) is 0 Å². The Kier molecular flexibility index (Phi) is 4.60. The number of halogens is 1. The van der Waals surface area contributed by atoms with E-state index in [1.54, 1.807) is 0 Å². The third-order valence-corrected chi connectivity index (χ3v) is 3.07. The predicted octanol–water partition coefficient (Wildman–Crippen LogP) is 3.67. The van der Waals surface area contributed by atoms with E-state index in [1.165, 1.54) is 11.1 Å². The molecular weight excluding hydrogens is 230 g/mol. The summed E-state index contributed by atoms with van der Waals surface area (Å²) in [4.78, 5) is 0. The van der Waals surface area contributed by atoms with Crippen LogP contribution in [0.3, 0.4) is 0 Å². The molecule has 2 rings (SSSR count). The summed E-state index contributed by atoms with van der Waals surface area (Å²) in [6.45, 7) is 1.85. The Morgan fingerprint density at radius 3 is 2.35 bits per heavy atom. The maximum absolute atomic E-state index is 6.09. The van der Waals surface area contributed by atoms with Crippen LogP contribution >= 0.6 is 11.6 Å². The highest BCUT2D eigenvalue weighted by atomic mass is 35.5. The van der Waals surface area contributed by atoms with Gasteiger partial charge in [0.15, 0.2) is 0 Å². The molecule has 2 heteroatoms. The first-order chi connectivity index (χ1) is 8.36. The van der Waals surface area contributed by atoms with Gasteiger partial charge in [-0.1, -0.05) is 60.1 Å². The van der Waals surface area contributed by atoms with Crippen molar-refractivity contribution in [3.8, 4) is 0 Å². The lowest BCUT2D eigenvalue weighted by molar-refractivity contribution is 0.687. The maximum atomic E-state index is 6.09. The molecule has 1 nitrogen and oxygen atoms in total. The van der Waals surface area contributed by atoms with E-state index in [0.29, 0.717) is 0 Å². The molecule has 0 bridgehead atoms. The summed E-state index contributed by atoms with van der Waals surface area (Å²) < 4.78 is 0. The van der Waals surface area contributed by atoms with Crippen LogP contribution in [0.25, 0.3) is 0 Å². The second kappa shape index (κ2) is 6.43. The van der Waals surface area contributed by atoms with Gasteiger partial charge < -0.3 is 5.32 Å². The molecule has 0 aliphatic carbocycles. The van der Waals surface area contributed by atoms with Gasteiger partial charge in [-0.05, 0) is 30.2 Å². The molecule has 1 N–H and O–H groups in total. The van der Waals surface area contributed by atoms with Gasteiger partial charge in [0.2, 0.25) is 0 Å². The lowest BCUT2D eigenvalue weighted by atomic mass is 10.1. The molecule has 0 atom stereocenters. The van der Waals surface area contributed by atoms with Crippen molar-refractivity contribution >= 4 is 11.6 Å². The summed E-state index contributed by atoms with van der Waals surface area (Å²) in [5.74, 6) is 0. The predicted molar refractivity (Wildman–Crippen MR) is 73.3 cm³/mol. The Balaban J connectivity index is 1.76. The van der Waals surface area contributed by atoms with Gasteiger partial charge in [-0.3, -0.25) is 0 Å². The Morgan fingerprint density at radius 1 is 0.882 bits per heavy atom. The van der Waals surface area contributed by atoms with Gasteiger partial charge in [-0.15, -0.1) is 0 Å². The molecule has 88 valence electrons. The summed E-state index contributed by atoms with van der Waals surface area (Å²) in [6, 6.07) is 18.4. The third kappa shape index (κ3) is 3.88. The smallest absolute Gasteiger partial charge is 0.0438 e. The first kappa shape index (κ1) is 12.2. The highest BCUT2D eigenvalue weighted by Crippen LogP contribution is 2.14. The van der Waals surface area contributed by atoms with Crippen LogP contribution in [0.4, 0.5) is 0 Å². The molecule has 0 unspecified atom stereocenters. The van der Waals surface area contributed by atoms with Crippen molar-refractivity contribution in [3.05, 3.63) is 70.7 Å². The van der Waals surface area contributed by atoms with Crippen molar-refractivity contribution in [1.29, 1.82) is 0 Å². The van der Waals surface area contributed by atoms with Gasteiger partial charge in [0.25, 0.3) is 0 Å². The van der Waals surface area contributed by atoms with E-state index in [-0.39, 0.29) is 0 Å². The first-order valence-electron chi connectivity index (χ1n) is 5.84. The summed E-state index contributed by atoms with van der Waals surface area (Å²) >= 11 is 6.09. The standard InChI is InChI=1S/C15H16ClN/c16-15-9-5-4-8-14(15)10-11-17-12-13-6-2-1-3-7-13/h1-9,17H,10-12H2. The molecule has 0 spiro atoms. The van der Waals surface area contributed by atoms with E-state index in [0.717, 1.165) is 24.5 Å². The molecule has 0 amide bonds. The maximum Gasteiger partial charge on any atom is 0.0438 e. The fourth-order valence-electron chi connectivity index (χ4n) is 1.75. The number of benzene rings is 2. The Hall–Kier alpha value is -1.31. The normalized spacial score (nSPS) is 10.4. The zero-order chi connectivity index (χ0) is 11.9. The minimum absolute atomic E-state index is 0.856. The molecule has 0 fully saturated rings. The fraction of sp³-hybridized carbons (Fsp3) is 0.200. The van der Waals surface area contributed by atoms with E-state index in [2.05, 4.69) is 35.6 Å². The van der Waals surface area contributed by atoms with Gasteiger partial charge in [0.1, 0.15) is 0 Å². The minimum Gasteiger partial charge on any atom is -0.312 e. The fourth-order valence-corrected chi connectivity index (χ4v) is 1.98. The third-order valence-electron chi connectivity index (χ3n) is 2.70. The van der Waals surface area contributed by atoms with Crippen molar-refractivity contribution in [2.75, 3.05) is 6.54 Å². The first-order valence-corrected chi connectivity index (χ1v) is 6.22. The molecule has 2 aromatic rings. The number of nitrogens with one attached hydrogen (secondary N) is 1. The summed E-state index contributed by atoms with van der Waals surface area (Å²) in [5, 5.41) is 4.27. The molecule has 0 aliphatic heterocycles. The molecule has 0 aromatic heterocycles. The number of hydrogen-bond donors (Lipinski definition) is 1. The second-order valence-electron chi connectivity index (χ2n) is 4.00. The van der Waals surface area contributed by atoms with E-state index >= 15 is 0 Å². The van der Waals surface area contributed by atoms with Gasteiger partial charge in [0.05, 0.1) is 0 Å². The van der Waals surface area contributed by atoms with Crippen molar-refractivity contribution in [3.63, 3.8) is 0 Å². The molecule has 0 heterocycles. The van der Waals surface area contributed by atoms with Gasteiger partial charge in [-0.25, -0.2) is 0 Å². The van der Waals surface area contributed by atoms with Crippen LogP contribution in [0.2, 0.25) is 5.02 Å². The molecule has 2 aromatic carbocycles. The van der Waals surface area contributed by atoms with Gasteiger partial charge >= 0.3 is 0 Å². The molecule has 0 aliphatic rings. The van der Waals surface area contributed by atoms with Crippen LogP contribution in [0.5, 0.6) is 0 Å². The van der Waals surface area contributed by atoms with Crippen LogP contribution in [0, 0.1) is 0 Å². The summed E-state index contributed by atoms with van der Waals surface area (Å²) in [5.41, 5.74) is 2.52. The monoisotopic (exact) mass is 245 g/mol. The largest absolute Gasteiger partial charge is 0.312 e. The molecule has 0 radical (unpaired) electrons. The SMILES string of the molecule is Clc1ccccc1CCNCc1ccccc1. The van der Waals surface area contributed by atoms with Crippen LogP contribution in [-0.4, -0.2) is 6.54 Å². The summed E-state index contributed by atoms with van der Waals surface area (Å²) in [7, 11) is 0. The lowest BCUT2D eigenvalue weighted by Crippen LogP contribution is -2.16. The quantitative estimate of drug-likeness (QED) is 0.793. The van der Waals surface area contributed by atoms with E-state index in [4.69, 9.17) is 11.6 Å². The van der Waals surface area contributed by atoms with Gasteiger partial charge in [0, 0.05) is 11.6 Å². The van der Waals surface area contributed by atoms with Crippen LogP contribution in [0.15, 0.2) is 54.6 Å². The van der Waals surface area contributed by atoms with Crippen LogP contribution < -0.4 is 5.32 Å². The van der Waals surface area contributed by atoms with Crippen molar-refractivity contribution in [2.24, 2.45) is 0 Å². The minimum atomic E-state index is 0.856. The Bertz CT molecular complexity index is 453. The average Bonchev–Trinajstić information content (AvgIpc) is 2.38. The number of hydrogen-bond acceptors (Lipinski definition) is 1. The van der Waals surface area contributed by atoms with E-state index in [1.807, 2.05) is 24.3 Å². The number of rotatable bonds is 5. The molecular formula is C15H16ClN. The second-order valence-corrected chi connectivity index (χ2v) is 4.41. The topological polar surface area (TPSA) is 12.0 Å². The van der Waals surface area contributed by atoms with Crippen molar-refractivity contribution in [1.82, 2.24) is 5.32 Å². The van der Waals surface area contributed by atoms with Crippen LogP contribution in [-0.2, 0) is 13.0 Å². The van der Waals surface area contributed by atoms with Gasteiger partial charge in [-0.2, -0.15) is 0 Å². The molecule has 0 saturated carbocycles. The Morgan fingerprint density at radius 2 is 1.59 bits per heavy atom. The van der Waals surface area contributed by atoms with E-state index < -0.39 is 0 Å². The van der Waals surface area contributed by atoms with Crippen molar-refractivity contribution in [2.45, 2.75) is 13.0 Å². The average molecular weight is 246 g/mol. The highest BCUT2D eigenvalue weighted by Gasteiger charge is 1.98. The summed E-state index contributed by atoms with van der Waals surface area (Å²) in [6.07, 6.45) is 0.965. The zero-order valence-corrected chi connectivity index (χ0v) is 10.5. The zero-order valence-electron chi connectivity index (χ0n) is 9.70. The van der Waals surface area contributed by atoms with Crippen molar-refractivity contribution < 1.29 is 0 Å². The lowest BCUT2D eigenvalue weighted by Gasteiger charge is -2.06. The molecule has 0 saturated heterocycles. The highest BCUT2D eigenvalue weighted by molar-refractivity contribution is 6.31. The molecule has 17 heavy (non-hydrogen) atoms. The van der Waals surface area contributed by atoms with Crippen LogP contribution in [0.1, 0.15) is 11.1 Å². The Labute approximate surface area is 107 Å².